The van der Waals surface area contributed by atoms with Crippen LogP contribution in [-0.2, 0) is 5.41 Å². The van der Waals surface area contributed by atoms with E-state index in [0.29, 0.717) is 30.3 Å². The van der Waals surface area contributed by atoms with Crippen LogP contribution in [0.25, 0.3) is 0 Å². The topological polar surface area (TPSA) is 91.1 Å². The summed E-state index contributed by atoms with van der Waals surface area (Å²) in [7, 11) is 0. The minimum absolute atomic E-state index is 0.0666. The van der Waals surface area contributed by atoms with Crippen molar-refractivity contribution < 1.29 is 9.53 Å². The molecule has 1 fully saturated rings. The fraction of sp³-hybridized carbons (Fsp3) is 0.500. The molecule has 2 aliphatic rings. The number of amides is 1. The molecule has 4 rings (SSSR count). The highest BCUT2D eigenvalue weighted by Crippen LogP contribution is 2.42. The summed E-state index contributed by atoms with van der Waals surface area (Å²) in [6.45, 7) is 5.45. The summed E-state index contributed by atoms with van der Waals surface area (Å²) in [6.07, 6.45) is 2.73. The number of carbonyl (C=O) groups excluding carboxylic acids is 1. The highest BCUT2D eigenvalue weighted by molar-refractivity contribution is 5.98. The van der Waals surface area contributed by atoms with Gasteiger partial charge in [-0.2, -0.15) is 5.10 Å². The zero-order chi connectivity index (χ0) is 17.6. The van der Waals surface area contributed by atoms with E-state index in [0.717, 1.165) is 24.8 Å². The molecule has 1 atom stereocenters. The highest BCUT2D eigenvalue weighted by atomic mass is 16.5. The first-order valence-electron chi connectivity index (χ1n) is 8.69. The van der Waals surface area contributed by atoms with Gasteiger partial charge in [0.05, 0.1) is 18.2 Å². The van der Waals surface area contributed by atoms with E-state index < -0.39 is 0 Å². The zero-order valence-electron chi connectivity index (χ0n) is 14.5. The number of nitrogens with zero attached hydrogens (tertiary/aromatic N) is 2. The molecule has 132 valence electrons. The number of aromatic nitrogens is 3. The van der Waals surface area contributed by atoms with E-state index in [-0.39, 0.29) is 23.1 Å². The third-order valence-electron chi connectivity index (χ3n) is 5.15. The first-order chi connectivity index (χ1) is 12.0. The van der Waals surface area contributed by atoms with Gasteiger partial charge in [-0.25, -0.2) is 9.89 Å². The molecular formula is C18H22N4O3. The fourth-order valence-corrected chi connectivity index (χ4v) is 3.78. The number of nitrogens with one attached hydrogen (secondary N) is 2. The lowest BCUT2D eigenvalue weighted by Crippen LogP contribution is -2.39. The van der Waals surface area contributed by atoms with Gasteiger partial charge in [-0.1, -0.05) is 26.0 Å². The van der Waals surface area contributed by atoms with Crippen LogP contribution in [0.3, 0.4) is 0 Å². The second-order valence-electron chi connectivity index (χ2n) is 7.43. The van der Waals surface area contributed by atoms with Gasteiger partial charge in [-0.15, -0.1) is 0 Å². The quantitative estimate of drug-likeness (QED) is 0.875. The smallest absolute Gasteiger partial charge is 0.340 e. The summed E-state index contributed by atoms with van der Waals surface area (Å²) in [6, 6.07) is 5.54. The number of para-hydroxylation sites is 1. The van der Waals surface area contributed by atoms with Crippen molar-refractivity contribution in [3.8, 4) is 5.75 Å². The van der Waals surface area contributed by atoms with Gasteiger partial charge in [0.15, 0.2) is 5.82 Å². The molecule has 7 heteroatoms. The van der Waals surface area contributed by atoms with Crippen LogP contribution in [0.4, 0.5) is 0 Å². The largest absolute Gasteiger partial charge is 0.492 e. The Morgan fingerprint density at radius 1 is 1.36 bits per heavy atom. The van der Waals surface area contributed by atoms with Crippen LogP contribution in [0.1, 0.15) is 60.9 Å². The molecule has 1 aromatic heterocycles. The van der Waals surface area contributed by atoms with Crippen LogP contribution in [-0.4, -0.2) is 39.1 Å². The number of H-pyrrole nitrogens is 2. The molecule has 1 unspecified atom stereocenters. The zero-order valence-corrected chi connectivity index (χ0v) is 14.5. The molecule has 0 spiro atoms. The minimum atomic E-state index is -0.348. The summed E-state index contributed by atoms with van der Waals surface area (Å²) in [5.74, 6) is 1.15. The SMILES string of the molecule is CC1(C)COc2c(C(=O)N3CCCCC3c3n[nH]c(=O)[nH]3)cccc21. The highest BCUT2D eigenvalue weighted by Gasteiger charge is 2.37. The molecule has 1 saturated heterocycles. The lowest BCUT2D eigenvalue weighted by Gasteiger charge is -2.34. The van der Waals surface area contributed by atoms with Crippen molar-refractivity contribution in [1.82, 2.24) is 20.1 Å². The molecule has 1 amide bonds. The lowest BCUT2D eigenvalue weighted by molar-refractivity contribution is 0.0596. The van der Waals surface area contributed by atoms with Gasteiger partial charge < -0.3 is 9.64 Å². The number of rotatable bonds is 2. The van der Waals surface area contributed by atoms with Gasteiger partial charge in [-0.3, -0.25) is 9.78 Å². The number of aromatic amines is 2. The van der Waals surface area contributed by atoms with Crippen LogP contribution in [0.2, 0.25) is 0 Å². The second kappa shape index (κ2) is 5.75. The molecule has 0 radical (unpaired) electrons. The number of carbonyl (C=O) groups is 1. The minimum Gasteiger partial charge on any atom is -0.492 e. The Kier molecular flexibility index (Phi) is 3.67. The molecule has 0 bridgehead atoms. The molecule has 7 nitrogen and oxygen atoms in total. The Morgan fingerprint density at radius 3 is 2.96 bits per heavy atom. The molecular weight excluding hydrogens is 320 g/mol. The van der Waals surface area contributed by atoms with E-state index in [1.54, 1.807) is 4.90 Å². The molecule has 0 aliphatic carbocycles. The Hall–Kier alpha value is -2.57. The van der Waals surface area contributed by atoms with Crippen molar-refractivity contribution in [3.05, 3.63) is 45.6 Å². The third kappa shape index (κ3) is 2.63. The molecule has 1 aromatic carbocycles. The van der Waals surface area contributed by atoms with Crippen molar-refractivity contribution in [2.24, 2.45) is 0 Å². The number of ether oxygens (including phenoxy) is 1. The Morgan fingerprint density at radius 2 is 2.20 bits per heavy atom. The van der Waals surface area contributed by atoms with Gasteiger partial charge in [0.1, 0.15) is 5.75 Å². The number of hydrogen-bond donors (Lipinski definition) is 2. The predicted molar refractivity (Wildman–Crippen MR) is 91.8 cm³/mol. The van der Waals surface area contributed by atoms with E-state index in [9.17, 15) is 9.59 Å². The van der Waals surface area contributed by atoms with Crippen molar-refractivity contribution in [1.29, 1.82) is 0 Å². The fourth-order valence-electron chi connectivity index (χ4n) is 3.78. The summed E-state index contributed by atoms with van der Waals surface area (Å²) in [5.41, 5.74) is 1.21. The first kappa shape index (κ1) is 15.9. The number of benzene rings is 1. The number of hydrogen-bond acceptors (Lipinski definition) is 4. The monoisotopic (exact) mass is 342 g/mol. The van der Waals surface area contributed by atoms with Crippen molar-refractivity contribution in [2.75, 3.05) is 13.2 Å². The van der Waals surface area contributed by atoms with Crippen LogP contribution in [0.5, 0.6) is 5.75 Å². The molecule has 3 heterocycles. The van der Waals surface area contributed by atoms with Gasteiger partial charge >= 0.3 is 5.69 Å². The maximum absolute atomic E-state index is 13.3. The summed E-state index contributed by atoms with van der Waals surface area (Å²) in [4.78, 5) is 29.2. The van der Waals surface area contributed by atoms with Crippen molar-refractivity contribution in [3.63, 3.8) is 0 Å². The lowest BCUT2D eigenvalue weighted by atomic mass is 9.86. The Bertz CT molecular complexity index is 867. The Balaban J connectivity index is 1.71. The number of likely N-dealkylation sites (tertiary alicyclic amines) is 1. The van der Waals surface area contributed by atoms with Crippen LogP contribution in [0.15, 0.2) is 23.0 Å². The van der Waals surface area contributed by atoms with Gasteiger partial charge in [0, 0.05) is 17.5 Å². The van der Waals surface area contributed by atoms with Gasteiger partial charge in [0.2, 0.25) is 0 Å². The normalized spacial score (nSPS) is 21.7. The average Bonchev–Trinajstić information content (AvgIpc) is 3.18. The third-order valence-corrected chi connectivity index (χ3v) is 5.15. The Labute approximate surface area is 145 Å². The molecule has 2 aliphatic heterocycles. The first-order valence-corrected chi connectivity index (χ1v) is 8.69. The number of piperidine rings is 1. The molecule has 2 aromatic rings. The average molecular weight is 342 g/mol. The second-order valence-corrected chi connectivity index (χ2v) is 7.43. The van der Waals surface area contributed by atoms with Crippen LogP contribution >= 0.6 is 0 Å². The van der Waals surface area contributed by atoms with Crippen molar-refractivity contribution >= 4 is 5.91 Å². The van der Waals surface area contributed by atoms with Gasteiger partial charge in [0.25, 0.3) is 5.91 Å². The molecule has 2 N–H and O–H groups in total. The van der Waals surface area contributed by atoms with Crippen LogP contribution < -0.4 is 10.4 Å². The van der Waals surface area contributed by atoms with E-state index in [1.807, 2.05) is 18.2 Å². The van der Waals surface area contributed by atoms with E-state index in [2.05, 4.69) is 29.0 Å². The molecule has 25 heavy (non-hydrogen) atoms. The summed E-state index contributed by atoms with van der Waals surface area (Å²) >= 11 is 0. The predicted octanol–water partition coefficient (Wildman–Crippen LogP) is 2.14. The number of fused-ring (bicyclic) bond motifs is 1. The molecule has 0 saturated carbocycles. The van der Waals surface area contributed by atoms with E-state index >= 15 is 0 Å². The van der Waals surface area contributed by atoms with E-state index in [4.69, 9.17) is 4.74 Å². The summed E-state index contributed by atoms with van der Waals surface area (Å²) in [5, 5.41) is 6.44. The van der Waals surface area contributed by atoms with Crippen LogP contribution in [0, 0.1) is 0 Å². The van der Waals surface area contributed by atoms with Crippen molar-refractivity contribution in [2.45, 2.75) is 44.6 Å². The maximum Gasteiger partial charge on any atom is 0.340 e. The standard InChI is InChI=1S/C18H22N4O3/c1-18(2)10-25-14-11(6-5-7-12(14)18)16(23)22-9-4-3-8-13(22)15-19-17(24)21-20-15/h5-7,13H,3-4,8-10H2,1-2H3,(H2,19,20,21,24). The summed E-state index contributed by atoms with van der Waals surface area (Å²) < 4.78 is 5.87. The maximum atomic E-state index is 13.3. The van der Waals surface area contributed by atoms with Gasteiger partial charge in [-0.05, 0) is 25.3 Å². The van der Waals surface area contributed by atoms with E-state index in [1.165, 1.54) is 0 Å².